The fourth-order valence-corrected chi connectivity index (χ4v) is 3.40. The molecule has 1 aliphatic heterocycles. The number of aromatic nitrogens is 3. The van der Waals surface area contributed by atoms with Gasteiger partial charge in [-0.3, -0.25) is 9.58 Å². The number of aliphatic hydroxyl groups is 4. The van der Waals surface area contributed by atoms with Crippen LogP contribution in [0.15, 0.2) is 6.20 Å². The van der Waals surface area contributed by atoms with Gasteiger partial charge in [-0.05, 0) is 32.2 Å². The molecule has 0 amide bonds. The summed E-state index contributed by atoms with van der Waals surface area (Å²) in [6.45, 7) is 3.77. The number of unbranched alkanes of at least 4 members (excludes halogenated alkanes) is 3. The van der Waals surface area contributed by atoms with Crippen LogP contribution in [0.2, 0.25) is 0 Å². The first kappa shape index (κ1) is 20.3. The zero-order valence-corrected chi connectivity index (χ0v) is 15.0. The Morgan fingerprint density at radius 2 is 1.84 bits per heavy atom. The molecule has 144 valence electrons. The zero-order chi connectivity index (χ0) is 18.2. The van der Waals surface area contributed by atoms with Crippen LogP contribution in [0.1, 0.15) is 44.7 Å². The normalized spacial score (nSPS) is 27.7. The molecule has 25 heavy (non-hydrogen) atoms. The van der Waals surface area contributed by atoms with Crippen molar-refractivity contribution in [1.82, 2.24) is 19.9 Å². The fourth-order valence-electron chi connectivity index (χ4n) is 3.40. The van der Waals surface area contributed by atoms with Crippen LogP contribution >= 0.6 is 0 Å². The number of hydrogen-bond acceptors (Lipinski definition) is 7. The molecule has 4 atom stereocenters. The Bertz CT molecular complexity index is 499. The first-order valence-corrected chi connectivity index (χ1v) is 9.35. The molecule has 0 radical (unpaired) electrons. The topological polar surface area (TPSA) is 115 Å². The monoisotopic (exact) mass is 356 g/mol. The molecule has 2 rings (SSSR count). The predicted molar refractivity (Wildman–Crippen MR) is 93.0 cm³/mol. The molecular formula is C17H32N4O4. The molecule has 0 aromatic carbocycles. The lowest BCUT2D eigenvalue weighted by Gasteiger charge is -2.43. The van der Waals surface area contributed by atoms with Crippen LogP contribution in [0.5, 0.6) is 0 Å². The number of aryl methyl sites for hydroxylation is 2. The van der Waals surface area contributed by atoms with Crippen LogP contribution in [0.25, 0.3) is 0 Å². The largest absolute Gasteiger partial charge is 0.395 e. The quantitative estimate of drug-likeness (QED) is 0.420. The SMILES string of the molecule is CCCn1cc(CCCCCCN2C[C@H](O)[C@@H](O)[C@H](O)[C@H]2CO)nn1. The first-order valence-electron chi connectivity index (χ1n) is 9.35. The standard InChI is InChI=1S/C17H32N4O4/c1-2-8-21-10-13(18-19-21)7-5-3-4-6-9-20-11-15(23)17(25)16(24)14(20)12-22/h10,14-17,22-25H,2-9,11-12H2,1H3/t14-,15+,16-,17-/m1/s1. The van der Waals surface area contributed by atoms with Gasteiger partial charge in [0.05, 0.1) is 24.4 Å². The van der Waals surface area contributed by atoms with E-state index in [-0.39, 0.29) is 13.2 Å². The Kier molecular flexibility index (Phi) is 8.25. The van der Waals surface area contributed by atoms with Crippen molar-refractivity contribution in [2.45, 2.75) is 76.3 Å². The van der Waals surface area contributed by atoms with Gasteiger partial charge in [0.15, 0.2) is 0 Å². The number of piperidine rings is 1. The van der Waals surface area contributed by atoms with E-state index in [2.05, 4.69) is 17.2 Å². The van der Waals surface area contributed by atoms with Gasteiger partial charge < -0.3 is 20.4 Å². The van der Waals surface area contributed by atoms with Crippen LogP contribution in [0.3, 0.4) is 0 Å². The summed E-state index contributed by atoms with van der Waals surface area (Å²) >= 11 is 0. The molecule has 0 aliphatic carbocycles. The number of hydrogen-bond donors (Lipinski definition) is 4. The third-order valence-electron chi connectivity index (χ3n) is 4.88. The van der Waals surface area contributed by atoms with Gasteiger partial charge in [-0.1, -0.05) is 25.0 Å². The second-order valence-electron chi connectivity index (χ2n) is 6.93. The van der Waals surface area contributed by atoms with E-state index < -0.39 is 24.4 Å². The van der Waals surface area contributed by atoms with E-state index in [4.69, 9.17) is 0 Å². The van der Waals surface area contributed by atoms with Gasteiger partial charge in [0.1, 0.15) is 12.2 Å². The highest BCUT2D eigenvalue weighted by atomic mass is 16.4. The van der Waals surface area contributed by atoms with Crippen LogP contribution in [0.4, 0.5) is 0 Å². The number of rotatable bonds is 10. The van der Waals surface area contributed by atoms with Gasteiger partial charge in [0.25, 0.3) is 0 Å². The van der Waals surface area contributed by atoms with Gasteiger partial charge >= 0.3 is 0 Å². The molecule has 1 aromatic heterocycles. The van der Waals surface area contributed by atoms with Crippen molar-refractivity contribution in [1.29, 1.82) is 0 Å². The average molecular weight is 356 g/mol. The maximum atomic E-state index is 9.96. The summed E-state index contributed by atoms with van der Waals surface area (Å²) in [6.07, 6.45) is 4.81. The second kappa shape index (κ2) is 10.2. The Balaban J connectivity index is 1.63. The van der Waals surface area contributed by atoms with Crippen LogP contribution in [-0.2, 0) is 13.0 Å². The fraction of sp³-hybridized carbons (Fsp3) is 0.882. The summed E-state index contributed by atoms with van der Waals surface area (Å²) in [7, 11) is 0. The number of nitrogens with zero attached hydrogens (tertiary/aromatic N) is 4. The van der Waals surface area contributed by atoms with Gasteiger partial charge in [0, 0.05) is 19.3 Å². The Labute approximate surface area is 149 Å². The molecule has 1 aliphatic rings. The molecule has 8 heteroatoms. The number of aliphatic hydroxyl groups excluding tert-OH is 4. The maximum Gasteiger partial charge on any atom is 0.109 e. The van der Waals surface area contributed by atoms with Crippen LogP contribution in [0, 0.1) is 0 Å². The van der Waals surface area contributed by atoms with Crippen molar-refractivity contribution in [3.05, 3.63) is 11.9 Å². The Morgan fingerprint density at radius 1 is 1.08 bits per heavy atom. The minimum absolute atomic E-state index is 0.224. The molecule has 0 spiro atoms. The summed E-state index contributed by atoms with van der Waals surface area (Å²) < 4.78 is 1.88. The van der Waals surface area contributed by atoms with Crippen molar-refractivity contribution < 1.29 is 20.4 Å². The maximum absolute atomic E-state index is 9.96. The number of β-amino-alcohol motifs (C(OH)–C–C–N with tert-alkyl or cyclic N) is 1. The van der Waals surface area contributed by atoms with Crippen molar-refractivity contribution in [3.63, 3.8) is 0 Å². The van der Waals surface area contributed by atoms with Gasteiger partial charge in [-0.2, -0.15) is 0 Å². The second-order valence-corrected chi connectivity index (χ2v) is 6.93. The smallest absolute Gasteiger partial charge is 0.109 e. The minimum Gasteiger partial charge on any atom is -0.395 e. The molecule has 0 bridgehead atoms. The number of likely N-dealkylation sites (tertiary alicyclic amines) is 1. The van der Waals surface area contributed by atoms with Crippen LogP contribution < -0.4 is 0 Å². The Hall–Kier alpha value is -1.06. The van der Waals surface area contributed by atoms with Crippen LogP contribution in [-0.4, -0.2) is 84.4 Å². The van der Waals surface area contributed by atoms with Gasteiger partial charge in [-0.25, -0.2) is 0 Å². The summed E-state index contributed by atoms with van der Waals surface area (Å²) in [6, 6.07) is -0.507. The van der Waals surface area contributed by atoms with E-state index in [0.717, 1.165) is 50.8 Å². The highest BCUT2D eigenvalue weighted by molar-refractivity contribution is 4.94. The minimum atomic E-state index is -1.19. The molecule has 1 fully saturated rings. The predicted octanol–water partition coefficient (Wildman–Crippen LogP) is -0.450. The van der Waals surface area contributed by atoms with E-state index in [1.807, 2.05) is 15.8 Å². The Morgan fingerprint density at radius 3 is 2.56 bits per heavy atom. The molecule has 0 unspecified atom stereocenters. The summed E-state index contributed by atoms with van der Waals surface area (Å²) in [5, 5.41) is 47.1. The zero-order valence-electron chi connectivity index (χ0n) is 15.0. The highest BCUT2D eigenvalue weighted by Crippen LogP contribution is 2.19. The first-order chi connectivity index (χ1) is 12.1. The molecule has 8 nitrogen and oxygen atoms in total. The van der Waals surface area contributed by atoms with Crippen molar-refractivity contribution in [3.8, 4) is 0 Å². The molecule has 0 saturated carbocycles. The summed E-state index contributed by atoms with van der Waals surface area (Å²) in [5.41, 5.74) is 1.03. The summed E-state index contributed by atoms with van der Waals surface area (Å²) in [5.74, 6) is 0. The van der Waals surface area contributed by atoms with E-state index >= 15 is 0 Å². The van der Waals surface area contributed by atoms with Crippen molar-refractivity contribution in [2.75, 3.05) is 19.7 Å². The van der Waals surface area contributed by atoms with Gasteiger partial charge in [-0.15, -0.1) is 5.10 Å². The molecular weight excluding hydrogens is 324 g/mol. The molecule has 1 aromatic rings. The molecule has 4 N–H and O–H groups in total. The lowest BCUT2D eigenvalue weighted by atomic mass is 9.94. The highest BCUT2D eigenvalue weighted by Gasteiger charge is 2.40. The molecule has 2 heterocycles. The molecule has 1 saturated heterocycles. The third-order valence-corrected chi connectivity index (χ3v) is 4.88. The van der Waals surface area contributed by atoms with E-state index in [9.17, 15) is 20.4 Å². The summed E-state index contributed by atoms with van der Waals surface area (Å²) in [4.78, 5) is 1.87. The van der Waals surface area contributed by atoms with Gasteiger partial charge in [0.2, 0.25) is 0 Å². The van der Waals surface area contributed by atoms with Crippen molar-refractivity contribution in [2.24, 2.45) is 0 Å². The third kappa shape index (κ3) is 5.72. The van der Waals surface area contributed by atoms with Crippen molar-refractivity contribution >= 4 is 0 Å². The van der Waals surface area contributed by atoms with E-state index in [1.54, 1.807) is 0 Å². The van der Waals surface area contributed by atoms with E-state index in [1.165, 1.54) is 0 Å². The lowest BCUT2D eigenvalue weighted by Crippen LogP contribution is -2.62. The van der Waals surface area contributed by atoms with E-state index in [0.29, 0.717) is 6.54 Å². The average Bonchev–Trinajstić information content (AvgIpc) is 3.04. The lowest BCUT2D eigenvalue weighted by molar-refractivity contribution is -0.145.